The molecule has 0 heterocycles. The number of ketones is 1. The number of methoxy groups -OCH3 is 2. The molecule has 0 unspecified atom stereocenters. The van der Waals surface area contributed by atoms with Crippen molar-refractivity contribution in [2.24, 2.45) is 0 Å². The van der Waals surface area contributed by atoms with Crippen LogP contribution in [0, 0.1) is 0 Å². The van der Waals surface area contributed by atoms with Gasteiger partial charge in [-0.3, -0.25) is 4.79 Å². The Balaban J connectivity index is 3.26. The number of ether oxygens (including phenoxy) is 2. The monoisotopic (exact) mass is 249 g/mol. The molecule has 0 aliphatic rings. The van der Waals surface area contributed by atoms with E-state index in [-0.39, 0.29) is 5.78 Å². The van der Waals surface area contributed by atoms with Crippen LogP contribution in [-0.4, -0.2) is 39.0 Å². The van der Waals surface area contributed by atoms with Crippen molar-refractivity contribution in [2.45, 2.75) is 6.92 Å². The van der Waals surface area contributed by atoms with Gasteiger partial charge in [0.2, 0.25) is 0 Å². The molecule has 0 spiro atoms. The molecule has 18 heavy (non-hydrogen) atoms. The average molecular weight is 249 g/mol. The lowest BCUT2D eigenvalue weighted by molar-refractivity contribution is -0.111. The van der Waals surface area contributed by atoms with Gasteiger partial charge in [-0.1, -0.05) is 6.07 Å². The Labute approximate surface area is 108 Å². The van der Waals surface area contributed by atoms with Crippen LogP contribution < -0.4 is 9.47 Å². The number of hydrogen-bond donors (Lipinski definition) is 0. The number of allylic oxidation sites excluding steroid dienone is 1. The Hall–Kier alpha value is -1.97. The molecule has 1 rings (SSSR count). The van der Waals surface area contributed by atoms with E-state index in [9.17, 15) is 4.79 Å². The van der Waals surface area contributed by atoms with Crippen molar-refractivity contribution < 1.29 is 14.3 Å². The standard InChI is InChI=1S/C14H19NO3/c1-10(16)12(9-15(2)3)11-6-7-13(17-4)14(8-11)18-5/h6-9H,1-5H3/b12-9+. The van der Waals surface area contributed by atoms with Crippen LogP contribution >= 0.6 is 0 Å². The van der Waals surface area contributed by atoms with E-state index >= 15 is 0 Å². The summed E-state index contributed by atoms with van der Waals surface area (Å²) in [5.74, 6) is 1.27. The van der Waals surface area contributed by atoms with Crippen LogP contribution in [0.4, 0.5) is 0 Å². The smallest absolute Gasteiger partial charge is 0.161 e. The fourth-order valence-corrected chi connectivity index (χ4v) is 1.63. The maximum absolute atomic E-state index is 11.7. The highest BCUT2D eigenvalue weighted by atomic mass is 16.5. The third-order valence-corrected chi connectivity index (χ3v) is 2.46. The second-order valence-corrected chi connectivity index (χ2v) is 4.13. The van der Waals surface area contributed by atoms with Crippen LogP contribution in [0.15, 0.2) is 24.4 Å². The number of Topliss-reactive ketones (excluding diaryl/α,β-unsaturated/α-hetero) is 1. The van der Waals surface area contributed by atoms with Gasteiger partial charge in [0.05, 0.1) is 14.2 Å². The number of nitrogens with zero attached hydrogens (tertiary/aromatic N) is 1. The summed E-state index contributed by atoms with van der Waals surface area (Å²) in [4.78, 5) is 13.5. The molecule has 0 N–H and O–H groups in total. The predicted molar refractivity (Wildman–Crippen MR) is 71.9 cm³/mol. The molecule has 0 amide bonds. The van der Waals surface area contributed by atoms with Crippen molar-refractivity contribution in [3.8, 4) is 11.5 Å². The van der Waals surface area contributed by atoms with Gasteiger partial charge in [0.1, 0.15) is 0 Å². The second kappa shape index (κ2) is 6.10. The topological polar surface area (TPSA) is 38.8 Å². The highest BCUT2D eigenvalue weighted by Gasteiger charge is 2.11. The summed E-state index contributed by atoms with van der Waals surface area (Å²) in [6.45, 7) is 1.55. The zero-order valence-corrected chi connectivity index (χ0v) is 11.5. The summed E-state index contributed by atoms with van der Waals surface area (Å²) < 4.78 is 10.4. The SMILES string of the molecule is COc1ccc(/C(=C/N(C)C)C(C)=O)cc1OC. The molecule has 1 aromatic carbocycles. The van der Waals surface area contributed by atoms with Gasteiger partial charge in [0, 0.05) is 25.9 Å². The van der Waals surface area contributed by atoms with E-state index in [0.717, 1.165) is 5.56 Å². The fraction of sp³-hybridized carbons (Fsp3) is 0.357. The number of carbonyl (C=O) groups is 1. The zero-order valence-electron chi connectivity index (χ0n) is 11.5. The van der Waals surface area contributed by atoms with Crippen molar-refractivity contribution in [3.05, 3.63) is 30.0 Å². The molecule has 0 radical (unpaired) electrons. The van der Waals surface area contributed by atoms with Crippen LogP contribution in [0.3, 0.4) is 0 Å². The maximum Gasteiger partial charge on any atom is 0.161 e. The normalized spacial score (nSPS) is 11.1. The zero-order chi connectivity index (χ0) is 13.7. The molecular weight excluding hydrogens is 230 g/mol. The number of rotatable bonds is 5. The third-order valence-electron chi connectivity index (χ3n) is 2.46. The molecule has 0 aromatic heterocycles. The summed E-state index contributed by atoms with van der Waals surface area (Å²) >= 11 is 0. The predicted octanol–water partition coefficient (Wildman–Crippen LogP) is 2.20. The van der Waals surface area contributed by atoms with E-state index in [0.29, 0.717) is 17.1 Å². The van der Waals surface area contributed by atoms with E-state index in [2.05, 4.69) is 0 Å². The Morgan fingerprint density at radius 3 is 2.22 bits per heavy atom. The van der Waals surface area contributed by atoms with Crippen molar-refractivity contribution in [2.75, 3.05) is 28.3 Å². The molecule has 98 valence electrons. The summed E-state index contributed by atoms with van der Waals surface area (Å²) in [6.07, 6.45) is 1.80. The molecule has 0 atom stereocenters. The minimum Gasteiger partial charge on any atom is -0.493 e. The van der Waals surface area contributed by atoms with E-state index in [1.165, 1.54) is 0 Å². The van der Waals surface area contributed by atoms with Crippen LogP contribution in [0.1, 0.15) is 12.5 Å². The maximum atomic E-state index is 11.7. The van der Waals surface area contributed by atoms with Gasteiger partial charge >= 0.3 is 0 Å². The molecule has 1 aromatic rings. The van der Waals surface area contributed by atoms with Crippen LogP contribution in [-0.2, 0) is 4.79 Å². The third kappa shape index (κ3) is 3.26. The summed E-state index contributed by atoms with van der Waals surface area (Å²) in [5, 5.41) is 0. The summed E-state index contributed by atoms with van der Waals surface area (Å²) in [7, 11) is 6.91. The number of carbonyl (C=O) groups excluding carboxylic acids is 1. The van der Waals surface area contributed by atoms with Crippen molar-refractivity contribution in [1.82, 2.24) is 4.90 Å². The molecule has 0 saturated carbocycles. The first-order valence-electron chi connectivity index (χ1n) is 5.61. The van der Waals surface area contributed by atoms with Gasteiger partial charge in [0.25, 0.3) is 0 Å². The second-order valence-electron chi connectivity index (χ2n) is 4.13. The lowest BCUT2D eigenvalue weighted by Crippen LogP contribution is -2.06. The highest BCUT2D eigenvalue weighted by molar-refractivity contribution is 6.19. The Morgan fingerprint density at radius 2 is 1.78 bits per heavy atom. The highest BCUT2D eigenvalue weighted by Crippen LogP contribution is 2.30. The lowest BCUT2D eigenvalue weighted by Gasteiger charge is -2.13. The van der Waals surface area contributed by atoms with Crippen LogP contribution in [0.25, 0.3) is 5.57 Å². The first-order valence-corrected chi connectivity index (χ1v) is 5.61. The van der Waals surface area contributed by atoms with Gasteiger partial charge in [-0.25, -0.2) is 0 Å². The van der Waals surface area contributed by atoms with E-state index in [4.69, 9.17) is 9.47 Å². The Bertz CT molecular complexity index is 464. The molecule has 0 bridgehead atoms. The summed E-state index contributed by atoms with van der Waals surface area (Å²) in [6, 6.07) is 5.44. The average Bonchev–Trinajstić information content (AvgIpc) is 2.34. The minimum absolute atomic E-state index is 0.0101. The van der Waals surface area contributed by atoms with Crippen LogP contribution in [0.2, 0.25) is 0 Å². The minimum atomic E-state index is 0.0101. The first kappa shape index (κ1) is 14.1. The van der Waals surface area contributed by atoms with E-state index in [1.807, 2.05) is 25.1 Å². The largest absolute Gasteiger partial charge is 0.493 e. The number of hydrogen-bond acceptors (Lipinski definition) is 4. The van der Waals surface area contributed by atoms with Crippen molar-refractivity contribution >= 4 is 11.4 Å². The van der Waals surface area contributed by atoms with Gasteiger partial charge in [-0.15, -0.1) is 0 Å². The lowest BCUT2D eigenvalue weighted by atomic mass is 10.0. The molecule has 0 fully saturated rings. The van der Waals surface area contributed by atoms with Crippen molar-refractivity contribution in [3.63, 3.8) is 0 Å². The Morgan fingerprint density at radius 1 is 1.17 bits per heavy atom. The van der Waals surface area contributed by atoms with Gasteiger partial charge in [-0.05, 0) is 24.6 Å². The molecule has 0 aliphatic carbocycles. The first-order chi connectivity index (χ1) is 8.49. The van der Waals surface area contributed by atoms with Gasteiger partial charge < -0.3 is 14.4 Å². The molecule has 0 saturated heterocycles. The number of benzene rings is 1. The van der Waals surface area contributed by atoms with Crippen molar-refractivity contribution in [1.29, 1.82) is 0 Å². The molecular formula is C14H19NO3. The molecule has 4 heteroatoms. The van der Waals surface area contributed by atoms with E-state index < -0.39 is 0 Å². The summed E-state index contributed by atoms with van der Waals surface area (Å²) in [5.41, 5.74) is 1.45. The van der Waals surface area contributed by atoms with E-state index in [1.54, 1.807) is 39.5 Å². The quantitative estimate of drug-likeness (QED) is 0.750. The van der Waals surface area contributed by atoms with Crippen LogP contribution in [0.5, 0.6) is 11.5 Å². The van der Waals surface area contributed by atoms with Gasteiger partial charge in [0.15, 0.2) is 17.3 Å². The molecule has 4 nitrogen and oxygen atoms in total. The van der Waals surface area contributed by atoms with Gasteiger partial charge in [-0.2, -0.15) is 0 Å². The Kier molecular flexibility index (Phi) is 4.77. The fourth-order valence-electron chi connectivity index (χ4n) is 1.63. The molecule has 0 aliphatic heterocycles.